The van der Waals surface area contributed by atoms with Gasteiger partial charge in [-0.1, -0.05) is 17.7 Å². The molecule has 0 aliphatic rings. The number of carbonyl (C=O) groups is 2. The van der Waals surface area contributed by atoms with E-state index in [1.807, 2.05) is 19.1 Å². The standard InChI is InChI=1S/C22H25NO6/c1-14-6-9-17(10-7-14)23-22(25)15(2)29-20(24)11-8-16-12-18(26-3)21(28-5)19(13-16)27-4/h6-13,15H,1-5H3,(H,23,25)/b11-8+/t15-/m1/s1. The summed E-state index contributed by atoms with van der Waals surface area (Å²) in [6, 6.07) is 10.7. The molecule has 1 amide bonds. The summed E-state index contributed by atoms with van der Waals surface area (Å²) < 4.78 is 21.0. The maximum absolute atomic E-state index is 12.2. The van der Waals surface area contributed by atoms with Crippen LogP contribution >= 0.6 is 0 Å². The Hall–Kier alpha value is -3.48. The summed E-state index contributed by atoms with van der Waals surface area (Å²) >= 11 is 0. The molecule has 0 fully saturated rings. The Morgan fingerprint density at radius 3 is 2.07 bits per heavy atom. The van der Waals surface area contributed by atoms with Gasteiger partial charge in [-0.25, -0.2) is 4.79 Å². The number of rotatable bonds is 8. The van der Waals surface area contributed by atoms with Crippen LogP contribution in [0.25, 0.3) is 6.08 Å². The lowest BCUT2D eigenvalue weighted by Gasteiger charge is -2.13. The summed E-state index contributed by atoms with van der Waals surface area (Å²) in [5, 5.41) is 2.70. The molecule has 7 nitrogen and oxygen atoms in total. The van der Waals surface area contributed by atoms with Gasteiger partial charge in [0.25, 0.3) is 5.91 Å². The molecule has 0 spiro atoms. The summed E-state index contributed by atoms with van der Waals surface area (Å²) in [7, 11) is 4.52. The number of hydrogen-bond donors (Lipinski definition) is 1. The molecule has 2 aromatic carbocycles. The van der Waals surface area contributed by atoms with Crippen LogP contribution in [0.2, 0.25) is 0 Å². The summed E-state index contributed by atoms with van der Waals surface area (Å²) in [5.41, 5.74) is 2.36. The van der Waals surface area contributed by atoms with Crippen LogP contribution in [0.5, 0.6) is 17.2 Å². The van der Waals surface area contributed by atoms with E-state index in [2.05, 4.69) is 5.32 Å². The van der Waals surface area contributed by atoms with Crippen molar-refractivity contribution in [2.24, 2.45) is 0 Å². The van der Waals surface area contributed by atoms with Crippen molar-refractivity contribution in [1.82, 2.24) is 0 Å². The Labute approximate surface area is 170 Å². The van der Waals surface area contributed by atoms with Crippen molar-refractivity contribution in [3.8, 4) is 17.2 Å². The van der Waals surface area contributed by atoms with Crippen LogP contribution in [-0.2, 0) is 14.3 Å². The summed E-state index contributed by atoms with van der Waals surface area (Å²) in [6.45, 7) is 3.46. The van der Waals surface area contributed by atoms with Crippen LogP contribution in [-0.4, -0.2) is 39.3 Å². The van der Waals surface area contributed by atoms with Gasteiger partial charge in [-0.05, 0) is 49.8 Å². The van der Waals surface area contributed by atoms with E-state index in [1.54, 1.807) is 24.3 Å². The molecule has 0 saturated carbocycles. The zero-order valence-corrected chi connectivity index (χ0v) is 17.1. The van der Waals surface area contributed by atoms with E-state index in [0.717, 1.165) is 5.56 Å². The van der Waals surface area contributed by atoms with E-state index in [4.69, 9.17) is 18.9 Å². The first-order valence-corrected chi connectivity index (χ1v) is 8.94. The fourth-order valence-electron chi connectivity index (χ4n) is 2.51. The van der Waals surface area contributed by atoms with Gasteiger partial charge in [0.2, 0.25) is 5.75 Å². The van der Waals surface area contributed by atoms with Gasteiger partial charge >= 0.3 is 5.97 Å². The minimum Gasteiger partial charge on any atom is -0.493 e. The molecule has 29 heavy (non-hydrogen) atoms. The average Bonchev–Trinajstić information content (AvgIpc) is 2.72. The number of nitrogens with one attached hydrogen (secondary N) is 1. The molecule has 1 N–H and O–H groups in total. The highest BCUT2D eigenvalue weighted by atomic mass is 16.5. The van der Waals surface area contributed by atoms with Crippen LogP contribution in [0.4, 0.5) is 5.69 Å². The Kier molecular flexibility index (Phi) is 7.65. The Bertz CT molecular complexity index is 864. The Balaban J connectivity index is 2.01. The number of benzene rings is 2. The van der Waals surface area contributed by atoms with E-state index >= 15 is 0 Å². The van der Waals surface area contributed by atoms with Crippen LogP contribution in [0.3, 0.4) is 0 Å². The molecule has 2 aromatic rings. The second-order valence-electron chi connectivity index (χ2n) is 6.23. The molecule has 0 aliphatic carbocycles. The van der Waals surface area contributed by atoms with Crippen molar-refractivity contribution >= 4 is 23.6 Å². The zero-order valence-electron chi connectivity index (χ0n) is 17.1. The number of hydrogen-bond acceptors (Lipinski definition) is 6. The van der Waals surface area contributed by atoms with Crippen molar-refractivity contribution < 1.29 is 28.5 Å². The van der Waals surface area contributed by atoms with Gasteiger partial charge in [0, 0.05) is 11.8 Å². The topological polar surface area (TPSA) is 83.1 Å². The average molecular weight is 399 g/mol. The van der Waals surface area contributed by atoms with Crippen molar-refractivity contribution in [2.45, 2.75) is 20.0 Å². The maximum atomic E-state index is 12.2. The van der Waals surface area contributed by atoms with E-state index in [0.29, 0.717) is 28.5 Å². The molecule has 0 aromatic heterocycles. The minimum atomic E-state index is -0.951. The van der Waals surface area contributed by atoms with Gasteiger partial charge in [-0.3, -0.25) is 4.79 Å². The third kappa shape index (κ3) is 6.00. The van der Waals surface area contributed by atoms with E-state index in [-0.39, 0.29) is 0 Å². The second kappa shape index (κ2) is 10.2. The zero-order chi connectivity index (χ0) is 21.4. The monoisotopic (exact) mass is 399 g/mol. The van der Waals surface area contributed by atoms with Crippen LogP contribution in [0, 0.1) is 6.92 Å². The molecule has 0 heterocycles. The smallest absolute Gasteiger partial charge is 0.331 e. The lowest BCUT2D eigenvalue weighted by Crippen LogP contribution is -2.29. The first-order valence-electron chi connectivity index (χ1n) is 8.94. The van der Waals surface area contributed by atoms with Crippen molar-refractivity contribution in [1.29, 1.82) is 0 Å². The van der Waals surface area contributed by atoms with Crippen molar-refractivity contribution in [2.75, 3.05) is 26.6 Å². The largest absolute Gasteiger partial charge is 0.493 e. The molecule has 7 heteroatoms. The molecule has 0 radical (unpaired) electrons. The predicted molar refractivity (Wildman–Crippen MR) is 110 cm³/mol. The highest BCUT2D eigenvalue weighted by molar-refractivity contribution is 5.96. The van der Waals surface area contributed by atoms with Gasteiger partial charge in [-0.15, -0.1) is 0 Å². The first-order chi connectivity index (χ1) is 13.9. The summed E-state index contributed by atoms with van der Waals surface area (Å²) in [6.07, 6.45) is 1.82. The van der Waals surface area contributed by atoms with Crippen LogP contribution in [0.15, 0.2) is 42.5 Å². The minimum absolute atomic E-state index is 0.414. The van der Waals surface area contributed by atoms with Gasteiger partial charge in [0.15, 0.2) is 17.6 Å². The Morgan fingerprint density at radius 2 is 1.55 bits per heavy atom. The Morgan fingerprint density at radius 1 is 0.966 bits per heavy atom. The van der Waals surface area contributed by atoms with Gasteiger partial charge in [0.1, 0.15) is 0 Å². The van der Waals surface area contributed by atoms with Crippen LogP contribution in [0.1, 0.15) is 18.1 Å². The molecule has 0 saturated heterocycles. The predicted octanol–water partition coefficient (Wildman–Crippen LogP) is 3.60. The fraction of sp³-hybridized carbons (Fsp3) is 0.273. The summed E-state index contributed by atoms with van der Waals surface area (Å²) in [5.74, 6) is 0.321. The number of anilines is 1. The third-order valence-corrected chi connectivity index (χ3v) is 4.08. The summed E-state index contributed by atoms with van der Waals surface area (Å²) in [4.78, 5) is 24.3. The first kappa shape index (κ1) is 21.8. The lowest BCUT2D eigenvalue weighted by atomic mass is 10.1. The van der Waals surface area contributed by atoms with Gasteiger partial charge in [0.05, 0.1) is 21.3 Å². The highest BCUT2D eigenvalue weighted by Crippen LogP contribution is 2.38. The normalized spacial score (nSPS) is 11.6. The maximum Gasteiger partial charge on any atom is 0.331 e. The van der Waals surface area contributed by atoms with Crippen LogP contribution < -0.4 is 19.5 Å². The number of amides is 1. The molecular formula is C22H25NO6. The SMILES string of the molecule is COc1cc(/C=C/C(=O)O[C@H](C)C(=O)Nc2ccc(C)cc2)cc(OC)c1OC. The third-order valence-electron chi connectivity index (χ3n) is 4.08. The quantitative estimate of drug-likeness (QED) is 0.539. The molecule has 1 atom stereocenters. The number of carbonyl (C=O) groups excluding carboxylic acids is 2. The fourth-order valence-corrected chi connectivity index (χ4v) is 2.51. The van der Waals surface area contributed by atoms with E-state index in [1.165, 1.54) is 40.4 Å². The van der Waals surface area contributed by atoms with Gasteiger partial charge < -0.3 is 24.3 Å². The molecule has 0 unspecified atom stereocenters. The molecule has 154 valence electrons. The highest BCUT2D eigenvalue weighted by Gasteiger charge is 2.17. The molecule has 0 bridgehead atoms. The number of aryl methyl sites for hydroxylation is 1. The number of esters is 1. The second-order valence-corrected chi connectivity index (χ2v) is 6.23. The molecule has 2 rings (SSSR count). The van der Waals surface area contributed by atoms with Gasteiger partial charge in [-0.2, -0.15) is 0 Å². The number of ether oxygens (including phenoxy) is 4. The lowest BCUT2D eigenvalue weighted by molar-refractivity contribution is -0.148. The van der Waals surface area contributed by atoms with Crippen molar-refractivity contribution in [3.05, 3.63) is 53.6 Å². The molecule has 0 aliphatic heterocycles. The van der Waals surface area contributed by atoms with E-state index < -0.39 is 18.0 Å². The van der Waals surface area contributed by atoms with Crippen molar-refractivity contribution in [3.63, 3.8) is 0 Å². The van der Waals surface area contributed by atoms with E-state index in [9.17, 15) is 9.59 Å². The number of methoxy groups -OCH3 is 3. The molecular weight excluding hydrogens is 374 g/mol.